The maximum atomic E-state index is 13.7. The van der Waals surface area contributed by atoms with Crippen molar-refractivity contribution in [3.05, 3.63) is 58.1 Å². The van der Waals surface area contributed by atoms with Crippen LogP contribution in [0.15, 0.2) is 35.3 Å². The summed E-state index contributed by atoms with van der Waals surface area (Å²) in [7, 11) is 1.59. The Labute approximate surface area is 155 Å². The van der Waals surface area contributed by atoms with Crippen molar-refractivity contribution in [2.75, 3.05) is 20.3 Å². The van der Waals surface area contributed by atoms with E-state index in [4.69, 9.17) is 21.1 Å². The van der Waals surface area contributed by atoms with E-state index in [0.29, 0.717) is 42.2 Å². The van der Waals surface area contributed by atoms with E-state index in [0.717, 1.165) is 23.8 Å². The number of halogens is 3. The first-order valence-electron chi connectivity index (χ1n) is 8.03. The summed E-state index contributed by atoms with van der Waals surface area (Å²) in [5, 5.41) is 6.51. The summed E-state index contributed by atoms with van der Waals surface area (Å²) in [6.07, 6.45) is 0. The summed E-state index contributed by atoms with van der Waals surface area (Å²) >= 11 is 6.21. The normalized spacial score (nSPS) is 13.5. The molecule has 0 aromatic heterocycles. The fourth-order valence-electron chi connectivity index (χ4n) is 2.53. The van der Waals surface area contributed by atoms with E-state index >= 15 is 0 Å². The van der Waals surface area contributed by atoms with E-state index < -0.39 is 11.6 Å². The van der Waals surface area contributed by atoms with Gasteiger partial charge in [-0.3, -0.25) is 4.99 Å². The lowest BCUT2D eigenvalue weighted by Crippen LogP contribution is -2.36. The highest BCUT2D eigenvalue weighted by Gasteiger charge is 2.16. The number of nitrogens with one attached hydrogen (secondary N) is 2. The Bertz CT molecular complexity index is 830. The number of hydrogen-bond acceptors (Lipinski definition) is 3. The molecule has 0 unspecified atom stereocenters. The SMILES string of the molecule is CN=C(NCc1cc(Cl)c2c(c1)OCCO2)NCc1cc(F)ccc1F. The van der Waals surface area contributed by atoms with Gasteiger partial charge in [0.15, 0.2) is 17.5 Å². The molecule has 1 aliphatic rings. The van der Waals surface area contributed by atoms with Crippen molar-refractivity contribution in [3.63, 3.8) is 0 Å². The molecule has 0 aliphatic carbocycles. The Balaban J connectivity index is 1.61. The highest BCUT2D eigenvalue weighted by atomic mass is 35.5. The van der Waals surface area contributed by atoms with E-state index in [2.05, 4.69) is 15.6 Å². The topological polar surface area (TPSA) is 54.9 Å². The summed E-state index contributed by atoms with van der Waals surface area (Å²) in [6.45, 7) is 1.47. The summed E-state index contributed by atoms with van der Waals surface area (Å²) in [4.78, 5) is 4.07. The average Bonchev–Trinajstić information content (AvgIpc) is 2.64. The zero-order valence-electron chi connectivity index (χ0n) is 14.1. The van der Waals surface area contributed by atoms with E-state index in [-0.39, 0.29) is 12.1 Å². The molecule has 0 saturated heterocycles. The van der Waals surface area contributed by atoms with Crippen molar-refractivity contribution < 1.29 is 18.3 Å². The Morgan fingerprint density at radius 1 is 1.12 bits per heavy atom. The molecule has 26 heavy (non-hydrogen) atoms. The molecule has 1 heterocycles. The summed E-state index contributed by atoms with van der Waals surface area (Å²) in [5.41, 5.74) is 1.09. The van der Waals surface area contributed by atoms with Crippen molar-refractivity contribution in [2.45, 2.75) is 13.1 Å². The van der Waals surface area contributed by atoms with Crippen molar-refractivity contribution in [2.24, 2.45) is 4.99 Å². The van der Waals surface area contributed by atoms with Gasteiger partial charge in [-0.2, -0.15) is 0 Å². The minimum Gasteiger partial charge on any atom is -0.486 e. The standard InChI is InChI=1S/C18H18ClF2N3O2/c1-22-18(24-10-12-8-13(20)2-3-15(12)21)23-9-11-6-14(19)17-16(7-11)25-4-5-26-17/h2-3,6-8H,4-5,9-10H2,1H3,(H2,22,23,24). The predicted octanol–water partition coefficient (Wildman–Crippen LogP) is 3.25. The van der Waals surface area contributed by atoms with Crippen LogP contribution in [0.3, 0.4) is 0 Å². The van der Waals surface area contributed by atoms with E-state index in [1.165, 1.54) is 0 Å². The lowest BCUT2D eigenvalue weighted by atomic mass is 10.2. The molecule has 8 heteroatoms. The second-order valence-corrected chi connectivity index (χ2v) is 6.02. The van der Waals surface area contributed by atoms with Gasteiger partial charge in [0.05, 0.1) is 5.02 Å². The Morgan fingerprint density at radius 2 is 1.88 bits per heavy atom. The van der Waals surface area contributed by atoms with Gasteiger partial charge >= 0.3 is 0 Å². The number of ether oxygens (including phenoxy) is 2. The number of aliphatic imine (C=N–C) groups is 1. The number of guanidine groups is 1. The van der Waals surface area contributed by atoms with Crippen molar-refractivity contribution in [1.82, 2.24) is 10.6 Å². The zero-order valence-corrected chi connectivity index (χ0v) is 14.9. The van der Waals surface area contributed by atoms with Gasteiger partial charge in [-0.1, -0.05) is 11.6 Å². The van der Waals surface area contributed by atoms with Gasteiger partial charge in [0.25, 0.3) is 0 Å². The lowest BCUT2D eigenvalue weighted by Gasteiger charge is -2.20. The van der Waals surface area contributed by atoms with Crippen LogP contribution >= 0.6 is 11.6 Å². The van der Waals surface area contributed by atoms with Gasteiger partial charge in [-0.15, -0.1) is 0 Å². The predicted molar refractivity (Wildman–Crippen MR) is 95.8 cm³/mol. The first kappa shape index (κ1) is 18.3. The third-order valence-electron chi connectivity index (χ3n) is 3.79. The monoisotopic (exact) mass is 381 g/mol. The van der Waals surface area contributed by atoms with Crippen LogP contribution in [-0.4, -0.2) is 26.2 Å². The van der Waals surface area contributed by atoms with Crippen molar-refractivity contribution in [1.29, 1.82) is 0 Å². The third-order valence-corrected chi connectivity index (χ3v) is 4.07. The zero-order chi connectivity index (χ0) is 18.5. The first-order valence-corrected chi connectivity index (χ1v) is 8.41. The van der Waals surface area contributed by atoms with Crippen LogP contribution in [0.5, 0.6) is 11.5 Å². The largest absolute Gasteiger partial charge is 0.486 e. The molecule has 0 saturated carbocycles. The molecule has 0 amide bonds. The van der Waals surface area contributed by atoms with Crippen LogP contribution in [0.4, 0.5) is 8.78 Å². The van der Waals surface area contributed by atoms with Crippen LogP contribution in [-0.2, 0) is 13.1 Å². The lowest BCUT2D eigenvalue weighted by molar-refractivity contribution is 0.171. The molecule has 2 N–H and O–H groups in total. The minimum absolute atomic E-state index is 0.102. The quantitative estimate of drug-likeness (QED) is 0.630. The van der Waals surface area contributed by atoms with Gasteiger partial charge in [0.1, 0.15) is 24.8 Å². The van der Waals surface area contributed by atoms with Gasteiger partial charge in [-0.05, 0) is 35.9 Å². The smallest absolute Gasteiger partial charge is 0.191 e. The summed E-state index contributed by atoms with van der Waals surface area (Å²) in [6, 6.07) is 6.95. The van der Waals surface area contributed by atoms with Crippen LogP contribution in [0.1, 0.15) is 11.1 Å². The number of rotatable bonds is 4. The highest BCUT2D eigenvalue weighted by Crippen LogP contribution is 2.38. The Kier molecular flexibility index (Phi) is 5.78. The van der Waals surface area contributed by atoms with Gasteiger partial charge in [0.2, 0.25) is 0 Å². The van der Waals surface area contributed by atoms with Crippen LogP contribution in [0.25, 0.3) is 0 Å². The van der Waals surface area contributed by atoms with E-state index in [1.807, 2.05) is 6.07 Å². The number of fused-ring (bicyclic) bond motifs is 1. The maximum absolute atomic E-state index is 13.7. The van der Waals surface area contributed by atoms with E-state index in [1.54, 1.807) is 13.1 Å². The molecule has 0 spiro atoms. The Hall–Kier alpha value is -2.54. The molecular formula is C18H18ClF2N3O2. The average molecular weight is 382 g/mol. The molecule has 2 aromatic carbocycles. The molecular weight excluding hydrogens is 364 g/mol. The molecule has 0 bridgehead atoms. The number of nitrogens with zero attached hydrogens (tertiary/aromatic N) is 1. The molecule has 2 aromatic rings. The maximum Gasteiger partial charge on any atom is 0.191 e. The van der Waals surface area contributed by atoms with Crippen molar-refractivity contribution in [3.8, 4) is 11.5 Å². The third kappa shape index (κ3) is 4.35. The van der Waals surface area contributed by atoms with Gasteiger partial charge in [0, 0.05) is 25.7 Å². The molecule has 0 fully saturated rings. The second kappa shape index (κ2) is 8.23. The molecule has 138 valence electrons. The molecule has 0 atom stereocenters. The van der Waals surface area contributed by atoms with Crippen molar-refractivity contribution >= 4 is 17.6 Å². The fraction of sp³-hybridized carbons (Fsp3) is 0.278. The van der Waals surface area contributed by atoms with Crippen LogP contribution < -0.4 is 20.1 Å². The second-order valence-electron chi connectivity index (χ2n) is 5.62. The minimum atomic E-state index is -0.489. The van der Waals surface area contributed by atoms with Gasteiger partial charge < -0.3 is 20.1 Å². The summed E-state index contributed by atoms with van der Waals surface area (Å²) < 4.78 is 37.9. The first-order chi connectivity index (χ1) is 12.6. The van der Waals surface area contributed by atoms with E-state index in [9.17, 15) is 8.78 Å². The fourth-order valence-corrected chi connectivity index (χ4v) is 2.82. The Morgan fingerprint density at radius 3 is 2.69 bits per heavy atom. The number of benzene rings is 2. The molecule has 1 aliphatic heterocycles. The molecule has 5 nitrogen and oxygen atoms in total. The van der Waals surface area contributed by atoms with Crippen LogP contribution in [0.2, 0.25) is 5.02 Å². The molecule has 0 radical (unpaired) electrons. The van der Waals surface area contributed by atoms with Gasteiger partial charge in [-0.25, -0.2) is 8.78 Å². The summed E-state index contributed by atoms with van der Waals surface area (Å²) in [5.74, 6) is 0.626. The highest BCUT2D eigenvalue weighted by molar-refractivity contribution is 6.32. The number of hydrogen-bond donors (Lipinski definition) is 2. The molecule has 3 rings (SSSR count). The van der Waals surface area contributed by atoms with Crippen LogP contribution in [0, 0.1) is 11.6 Å².